The lowest BCUT2D eigenvalue weighted by molar-refractivity contribution is 0.276. The molecule has 1 aromatic heterocycles. The molecule has 72 valence electrons. The van der Waals surface area contributed by atoms with Crippen LogP contribution in [0.25, 0.3) is 0 Å². The molecule has 0 saturated carbocycles. The van der Waals surface area contributed by atoms with Gasteiger partial charge in [0, 0.05) is 5.69 Å². The molecule has 0 saturated heterocycles. The zero-order chi connectivity index (χ0) is 9.90. The number of rotatable bonds is 3. The van der Waals surface area contributed by atoms with Crippen molar-refractivity contribution in [3.63, 3.8) is 0 Å². The first kappa shape index (κ1) is 10.0. The first-order chi connectivity index (χ1) is 6.01. The van der Waals surface area contributed by atoms with Crippen LogP contribution in [0.15, 0.2) is 18.2 Å². The van der Waals surface area contributed by atoms with Crippen LogP contribution >= 0.6 is 0 Å². The quantitative estimate of drug-likeness (QED) is 0.732. The van der Waals surface area contributed by atoms with E-state index in [2.05, 4.69) is 4.98 Å². The fourth-order valence-corrected chi connectivity index (χ4v) is 0.968. The van der Waals surface area contributed by atoms with E-state index in [1.807, 2.05) is 0 Å². The van der Waals surface area contributed by atoms with Crippen molar-refractivity contribution in [2.45, 2.75) is 12.9 Å². The Kier molecular flexibility index (Phi) is 2.92. The van der Waals surface area contributed by atoms with Crippen molar-refractivity contribution in [1.29, 1.82) is 0 Å². The molecule has 0 amide bonds. The molecule has 0 aliphatic heterocycles. The number of hydrogen-bond donors (Lipinski definition) is 1. The van der Waals surface area contributed by atoms with E-state index in [4.69, 9.17) is 5.11 Å². The highest BCUT2D eigenvalue weighted by Gasteiger charge is 2.23. The maximum atomic E-state index is 11.9. The fraction of sp³-hybridized carbons (Fsp3) is 0.286. The average molecular weight is 190 g/mol. The molecule has 0 fully saturated rings. The zero-order valence-corrected chi connectivity index (χ0v) is 6.75. The van der Waals surface area contributed by atoms with E-state index in [0.717, 1.165) is 0 Å². The molecule has 0 aliphatic carbocycles. The van der Waals surface area contributed by atoms with Crippen LogP contribution in [0, 0.1) is 0 Å². The van der Waals surface area contributed by atoms with E-state index in [-0.39, 0.29) is 18.0 Å². The lowest BCUT2D eigenvalue weighted by Gasteiger charge is -2.12. The summed E-state index contributed by atoms with van der Waals surface area (Å²) in [6.07, 6.45) is -0.992. The number of aliphatic hydroxyl groups is 1. The summed E-state index contributed by atoms with van der Waals surface area (Å²) in [7, 11) is 0. The van der Waals surface area contributed by atoms with Crippen molar-refractivity contribution in [2.24, 2.45) is 0 Å². The SMILES string of the molecule is OCc1cccc(C[B-](F)(F)F)n1. The molecular formula is C7H8BF3NO-. The third-order valence-corrected chi connectivity index (χ3v) is 1.47. The molecule has 0 bridgehead atoms. The highest BCUT2D eigenvalue weighted by molar-refractivity contribution is 6.57. The standard InChI is InChI=1S/C7H8BF3NO/c9-8(10,11)4-6-2-1-3-7(5-13)12-6/h1-3,13H,4-5H2/q-1. The van der Waals surface area contributed by atoms with Crippen molar-refractivity contribution in [1.82, 2.24) is 4.98 Å². The monoisotopic (exact) mass is 190 g/mol. The zero-order valence-electron chi connectivity index (χ0n) is 6.75. The Morgan fingerprint density at radius 2 is 1.85 bits per heavy atom. The average Bonchev–Trinajstić information content (AvgIpc) is 2.01. The van der Waals surface area contributed by atoms with Gasteiger partial charge in [-0.2, -0.15) is 0 Å². The Labute approximate surface area is 73.5 Å². The minimum absolute atomic E-state index is 0.0425. The molecule has 1 aromatic rings. The molecule has 0 atom stereocenters. The fourth-order valence-electron chi connectivity index (χ4n) is 0.968. The van der Waals surface area contributed by atoms with E-state index in [1.165, 1.54) is 18.2 Å². The van der Waals surface area contributed by atoms with Gasteiger partial charge in [-0.25, -0.2) is 0 Å². The summed E-state index contributed by atoms with van der Waals surface area (Å²) in [6.45, 7) is -5.18. The number of aromatic nitrogens is 1. The van der Waals surface area contributed by atoms with Crippen LogP contribution in [0.3, 0.4) is 0 Å². The van der Waals surface area contributed by atoms with Gasteiger partial charge in [0.05, 0.1) is 12.3 Å². The molecule has 0 unspecified atom stereocenters. The summed E-state index contributed by atoms with van der Waals surface area (Å²) < 4.78 is 35.8. The summed E-state index contributed by atoms with van der Waals surface area (Å²) in [5.41, 5.74) is 0.219. The second-order valence-corrected chi connectivity index (χ2v) is 2.69. The number of pyridine rings is 1. The van der Waals surface area contributed by atoms with Crippen LogP contribution < -0.4 is 0 Å². The Bertz CT molecular complexity index is 289. The molecule has 1 rings (SSSR count). The second-order valence-electron chi connectivity index (χ2n) is 2.69. The number of hydrogen-bond acceptors (Lipinski definition) is 2. The third-order valence-electron chi connectivity index (χ3n) is 1.47. The van der Waals surface area contributed by atoms with Gasteiger partial charge in [0.15, 0.2) is 0 Å². The van der Waals surface area contributed by atoms with E-state index in [1.54, 1.807) is 0 Å². The van der Waals surface area contributed by atoms with Gasteiger partial charge in [-0.15, -0.1) is 0 Å². The Hall–Kier alpha value is -1.04. The third kappa shape index (κ3) is 3.46. The molecule has 2 nitrogen and oxygen atoms in total. The maximum absolute atomic E-state index is 11.9. The van der Waals surface area contributed by atoms with E-state index >= 15 is 0 Å². The predicted octanol–water partition coefficient (Wildman–Crippen LogP) is 1.50. The maximum Gasteiger partial charge on any atom is 0.484 e. The number of nitrogens with zero attached hydrogens (tertiary/aromatic N) is 1. The summed E-state index contributed by atoms with van der Waals surface area (Å²) in [5.74, 6) is 0. The van der Waals surface area contributed by atoms with Crippen molar-refractivity contribution in [3.8, 4) is 0 Å². The second kappa shape index (κ2) is 3.78. The van der Waals surface area contributed by atoms with Gasteiger partial charge < -0.3 is 18.1 Å². The van der Waals surface area contributed by atoms with Crippen molar-refractivity contribution >= 4 is 6.98 Å². The summed E-state index contributed by atoms with van der Waals surface area (Å²) in [5, 5.41) is 8.62. The van der Waals surface area contributed by atoms with Crippen LogP contribution in [0.1, 0.15) is 11.4 Å². The Balaban J connectivity index is 2.78. The smallest absolute Gasteiger partial charge is 0.449 e. The first-order valence-electron chi connectivity index (χ1n) is 3.78. The summed E-state index contributed by atoms with van der Waals surface area (Å²) >= 11 is 0. The minimum Gasteiger partial charge on any atom is -0.449 e. The largest absolute Gasteiger partial charge is 0.484 e. The van der Waals surface area contributed by atoms with Crippen LogP contribution in [-0.2, 0) is 12.9 Å². The topological polar surface area (TPSA) is 33.1 Å². The Morgan fingerprint density at radius 1 is 1.23 bits per heavy atom. The van der Waals surface area contributed by atoms with Crippen LogP contribution in [0.2, 0.25) is 0 Å². The van der Waals surface area contributed by atoms with Crippen LogP contribution in [-0.4, -0.2) is 17.1 Å². The summed E-state index contributed by atoms with van der Waals surface area (Å²) in [4.78, 5) is 3.62. The highest BCUT2D eigenvalue weighted by atomic mass is 19.4. The molecule has 1 heterocycles. The van der Waals surface area contributed by atoms with Crippen LogP contribution in [0.5, 0.6) is 0 Å². The molecule has 6 heteroatoms. The molecule has 0 spiro atoms. The molecule has 0 aromatic carbocycles. The predicted molar refractivity (Wildman–Crippen MR) is 42.9 cm³/mol. The lowest BCUT2D eigenvalue weighted by Crippen LogP contribution is -2.20. The van der Waals surface area contributed by atoms with Gasteiger partial charge in [0.25, 0.3) is 0 Å². The van der Waals surface area contributed by atoms with Gasteiger partial charge in [-0.3, -0.25) is 4.98 Å². The normalized spacial score (nSPS) is 11.7. The number of aliphatic hydroxyl groups excluding tert-OH is 1. The molecule has 13 heavy (non-hydrogen) atoms. The molecular weight excluding hydrogens is 182 g/mol. The highest BCUT2D eigenvalue weighted by Crippen LogP contribution is 2.14. The van der Waals surface area contributed by atoms with E-state index < -0.39 is 13.3 Å². The number of halogens is 3. The van der Waals surface area contributed by atoms with E-state index in [0.29, 0.717) is 0 Å². The van der Waals surface area contributed by atoms with E-state index in [9.17, 15) is 12.9 Å². The summed E-state index contributed by atoms with van der Waals surface area (Å²) in [6, 6.07) is 4.23. The Morgan fingerprint density at radius 3 is 2.38 bits per heavy atom. The van der Waals surface area contributed by atoms with Crippen LogP contribution in [0.4, 0.5) is 12.9 Å². The van der Waals surface area contributed by atoms with Crippen molar-refractivity contribution < 1.29 is 18.1 Å². The lowest BCUT2D eigenvalue weighted by atomic mass is 9.84. The molecule has 0 radical (unpaired) electrons. The molecule has 0 aliphatic rings. The molecule has 1 N–H and O–H groups in total. The first-order valence-corrected chi connectivity index (χ1v) is 3.78. The van der Waals surface area contributed by atoms with Gasteiger partial charge >= 0.3 is 6.98 Å². The minimum atomic E-state index is -4.85. The van der Waals surface area contributed by atoms with Crippen molar-refractivity contribution in [2.75, 3.05) is 0 Å². The van der Waals surface area contributed by atoms with Gasteiger partial charge in [0.1, 0.15) is 0 Å². The van der Waals surface area contributed by atoms with Crippen molar-refractivity contribution in [3.05, 3.63) is 29.6 Å². The van der Waals surface area contributed by atoms with Gasteiger partial charge in [-0.05, 0) is 18.5 Å². The van der Waals surface area contributed by atoms with Gasteiger partial charge in [0.2, 0.25) is 0 Å². The van der Waals surface area contributed by atoms with Gasteiger partial charge in [-0.1, -0.05) is 6.07 Å².